The summed E-state index contributed by atoms with van der Waals surface area (Å²) in [5.74, 6) is -0.230. The third-order valence-electron chi connectivity index (χ3n) is 7.32. The summed E-state index contributed by atoms with van der Waals surface area (Å²) in [5.41, 5.74) is 10.8. The third-order valence-corrected chi connectivity index (χ3v) is 9.29. The average molecular weight is 674 g/mol. The minimum absolute atomic E-state index is 0.0383. The maximum atomic E-state index is 13.1. The monoisotopic (exact) mass is 674 g/mol. The van der Waals surface area contributed by atoms with Gasteiger partial charge in [-0.1, -0.05) is 0 Å². The van der Waals surface area contributed by atoms with Crippen molar-refractivity contribution < 1.29 is 56.7 Å². The fraction of sp³-hybridized carbons (Fsp3) is 0.500. The number of phosphoric ester groups is 2. The van der Waals surface area contributed by atoms with Crippen LogP contribution in [0.2, 0.25) is 0 Å². The molecule has 23 nitrogen and oxygen atoms in total. The lowest BCUT2D eigenvalue weighted by molar-refractivity contribution is -0.0664. The second-order valence-electron chi connectivity index (χ2n) is 10.1. The molecule has 4 aromatic heterocycles. The molecule has 0 aliphatic carbocycles. The first-order valence-corrected chi connectivity index (χ1v) is 15.9. The Balaban J connectivity index is 1.17. The van der Waals surface area contributed by atoms with Crippen LogP contribution in [0.1, 0.15) is 12.5 Å². The average Bonchev–Trinajstić information content (AvgIpc) is 3.72. The lowest BCUT2D eigenvalue weighted by Gasteiger charge is -2.27. The Morgan fingerprint density at radius 1 is 0.822 bits per heavy atom. The van der Waals surface area contributed by atoms with E-state index in [1.165, 1.54) is 10.9 Å². The van der Waals surface area contributed by atoms with Crippen LogP contribution in [-0.2, 0) is 36.7 Å². The number of anilines is 2. The van der Waals surface area contributed by atoms with Crippen molar-refractivity contribution in [1.29, 1.82) is 0 Å². The molecule has 45 heavy (non-hydrogen) atoms. The maximum absolute atomic E-state index is 13.1. The van der Waals surface area contributed by atoms with Crippen molar-refractivity contribution in [2.45, 2.75) is 49.1 Å². The molecular formula is C20H24N10O13P2. The molecule has 242 valence electrons. The number of nitrogens with one attached hydrogen (secondary N) is 1. The van der Waals surface area contributed by atoms with Crippen LogP contribution in [0, 0.1) is 0 Å². The fourth-order valence-electron chi connectivity index (χ4n) is 5.32. The second kappa shape index (κ2) is 10.8. The molecular weight excluding hydrogens is 650 g/mol. The van der Waals surface area contributed by atoms with Crippen molar-refractivity contribution in [2.75, 3.05) is 24.7 Å². The Kier molecular flexibility index (Phi) is 7.27. The highest BCUT2D eigenvalue weighted by atomic mass is 31.2. The number of aromatic amines is 1. The number of nitrogen functional groups attached to an aromatic ring is 2. The highest BCUT2D eigenvalue weighted by Gasteiger charge is 2.54. The molecule has 0 bridgehead atoms. The van der Waals surface area contributed by atoms with Crippen LogP contribution >= 0.6 is 15.6 Å². The van der Waals surface area contributed by atoms with Crippen LogP contribution in [0.25, 0.3) is 22.3 Å². The number of aliphatic hydroxyl groups excluding tert-OH is 2. The summed E-state index contributed by atoms with van der Waals surface area (Å²) in [6.45, 7) is -1.65. The molecule has 0 aromatic carbocycles. The molecule has 3 fully saturated rings. The van der Waals surface area contributed by atoms with E-state index in [4.69, 9.17) is 39.0 Å². The van der Waals surface area contributed by atoms with Gasteiger partial charge in [-0.2, -0.15) is 4.98 Å². The van der Waals surface area contributed by atoms with Gasteiger partial charge in [0, 0.05) is 0 Å². The summed E-state index contributed by atoms with van der Waals surface area (Å²) >= 11 is 0. The van der Waals surface area contributed by atoms with Crippen LogP contribution in [0.4, 0.5) is 11.8 Å². The summed E-state index contributed by atoms with van der Waals surface area (Å²) in [4.78, 5) is 55.6. The largest absolute Gasteiger partial charge is 0.472 e. The molecule has 0 spiro atoms. The van der Waals surface area contributed by atoms with E-state index in [0.717, 1.165) is 17.2 Å². The van der Waals surface area contributed by atoms with E-state index in [1.54, 1.807) is 0 Å². The normalized spacial score (nSPS) is 37.7. The van der Waals surface area contributed by atoms with Crippen LogP contribution < -0.4 is 17.0 Å². The van der Waals surface area contributed by atoms with Gasteiger partial charge in [-0.15, -0.1) is 0 Å². The van der Waals surface area contributed by atoms with Gasteiger partial charge in [0.1, 0.15) is 48.5 Å². The van der Waals surface area contributed by atoms with Crippen LogP contribution in [-0.4, -0.2) is 109 Å². The van der Waals surface area contributed by atoms with Gasteiger partial charge in [-0.3, -0.25) is 37.0 Å². The Morgan fingerprint density at radius 2 is 1.36 bits per heavy atom. The van der Waals surface area contributed by atoms with Crippen LogP contribution in [0.15, 0.2) is 23.8 Å². The molecule has 10 atom stereocenters. The zero-order chi connectivity index (χ0) is 31.8. The van der Waals surface area contributed by atoms with E-state index >= 15 is 0 Å². The molecule has 25 heteroatoms. The summed E-state index contributed by atoms with van der Waals surface area (Å²) in [7, 11) is -10.1. The highest BCUT2D eigenvalue weighted by molar-refractivity contribution is 7.47. The van der Waals surface area contributed by atoms with Gasteiger partial charge < -0.3 is 40.9 Å². The SMILES string of the molecule is Nc1nc2c(ncn2[C@@H]2OC3COP(=O)(O)O[C@H]4[C@@H](O)[C@H](n5cnc6c(N)ncnc65)O[C@@H]4COP(=O)(O)O[C@H]3[C@H]2O)c(=O)[nH]1. The highest BCUT2D eigenvalue weighted by Crippen LogP contribution is 2.53. The van der Waals surface area contributed by atoms with E-state index in [0.29, 0.717) is 0 Å². The maximum Gasteiger partial charge on any atom is 0.472 e. The third kappa shape index (κ3) is 5.31. The fourth-order valence-corrected chi connectivity index (χ4v) is 7.25. The predicted molar refractivity (Wildman–Crippen MR) is 143 cm³/mol. The summed E-state index contributed by atoms with van der Waals surface area (Å²) in [6, 6.07) is 0. The number of hydrogen-bond donors (Lipinski definition) is 7. The smallest absolute Gasteiger partial charge is 0.386 e. The number of nitrogens with two attached hydrogens (primary N) is 2. The molecule has 7 heterocycles. The Bertz CT molecular complexity index is 1940. The Hall–Kier alpha value is -3.44. The molecule has 0 radical (unpaired) electrons. The van der Waals surface area contributed by atoms with Crippen molar-refractivity contribution in [3.8, 4) is 0 Å². The number of hydrogen-bond acceptors (Lipinski definition) is 18. The lowest BCUT2D eigenvalue weighted by atomic mass is 10.1. The minimum Gasteiger partial charge on any atom is -0.386 e. The number of imidazole rings is 2. The molecule has 3 aliphatic rings. The van der Waals surface area contributed by atoms with Gasteiger partial charge >= 0.3 is 15.6 Å². The van der Waals surface area contributed by atoms with Crippen LogP contribution in [0.3, 0.4) is 0 Å². The van der Waals surface area contributed by atoms with E-state index < -0.39 is 83.5 Å². The lowest BCUT2D eigenvalue weighted by Crippen LogP contribution is -2.39. The van der Waals surface area contributed by atoms with Crippen molar-refractivity contribution in [2.24, 2.45) is 0 Å². The minimum atomic E-state index is -5.06. The van der Waals surface area contributed by atoms with Crippen molar-refractivity contribution in [1.82, 2.24) is 39.0 Å². The van der Waals surface area contributed by atoms with Gasteiger partial charge in [0.25, 0.3) is 5.56 Å². The number of aromatic nitrogens is 8. The van der Waals surface area contributed by atoms with Gasteiger partial charge in [0.2, 0.25) is 5.95 Å². The number of nitrogens with zero attached hydrogens (tertiary/aromatic N) is 7. The van der Waals surface area contributed by atoms with Gasteiger partial charge in [0.15, 0.2) is 35.1 Å². The standard InChI is InChI=1S/C20H24N10O13P2/c21-14-8-15(24-3-23-14)29(4-25-8)18-10(31)12-6(40-18)1-38-45(36,37)43-13-7(2-39-44(34,35)42-12)41-19(11(13)32)30-5-26-9-16(30)27-20(22)28-17(9)33/h3-7,10-13,18-19,31-32H,1-2H2,(H,34,35)(H,36,37)(H2,21,23,24)(H3,22,27,28,33)/t6-,7?,10-,11-,12-,13-,18-,19-/m1/s1. The molecule has 3 unspecified atom stereocenters. The Labute approximate surface area is 248 Å². The quantitative estimate of drug-likeness (QED) is 0.109. The molecule has 3 saturated heterocycles. The van der Waals surface area contributed by atoms with Crippen molar-refractivity contribution in [3.63, 3.8) is 0 Å². The zero-order valence-electron chi connectivity index (χ0n) is 22.4. The second-order valence-corrected chi connectivity index (χ2v) is 13.0. The molecule has 7 rings (SSSR count). The first kappa shape index (κ1) is 30.2. The van der Waals surface area contributed by atoms with E-state index in [2.05, 4.69) is 29.9 Å². The summed E-state index contributed by atoms with van der Waals surface area (Å²) in [5, 5.41) is 22.2. The molecule has 0 amide bonds. The molecule has 0 saturated carbocycles. The summed E-state index contributed by atoms with van der Waals surface area (Å²) in [6.07, 6.45) is -9.11. The first-order valence-electron chi connectivity index (χ1n) is 13.0. The topological polar surface area (TPSA) is 330 Å². The predicted octanol–water partition coefficient (Wildman–Crippen LogP) is -2.34. The van der Waals surface area contributed by atoms with E-state index in [-0.39, 0.29) is 34.1 Å². The van der Waals surface area contributed by atoms with E-state index in [9.17, 15) is 33.9 Å². The molecule has 3 aliphatic heterocycles. The van der Waals surface area contributed by atoms with Gasteiger partial charge in [-0.25, -0.2) is 29.1 Å². The van der Waals surface area contributed by atoms with Crippen molar-refractivity contribution in [3.05, 3.63) is 29.3 Å². The van der Waals surface area contributed by atoms with Gasteiger partial charge in [-0.05, 0) is 0 Å². The Morgan fingerprint density at radius 3 is 1.93 bits per heavy atom. The number of rotatable bonds is 2. The molecule has 9 N–H and O–H groups in total. The van der Waals surface area contributed by atoms with Gasteiger partial charge in [0.05, 0.1) is 25.9 Å². The van der Waals surface area contributed by atoms with Crippen molar-refractivity contribution >= 4 is 49.7 Å². The number of fused-ring (bicyclic) bond motifs is 4. The number of ether oxygens (including phenoxy) is 2. The summed E-state index contributed by atoms with van der Waals surface area (Å²) < 4.78 is 60.9. The number of phosphoric acid groups is 2. The molecule has 4 aromatic rings. The first-order chi connectivity index (χ1) is 21.3. The number of H-pyrrole nitrogens is 1. The number of aliphatic hydroxyl groups is 2. The van der Waals surface area contributed by atoms with Crippen LogP contribution in [0.5, 0.6) is 0 Å². The van der Waals surface area contributed by atoms with E-state index in [1.807, 2.05) is 0 Å². The zero-order valence-corrected chi connectivity index (χ0v) is 24.2.